The standard InChI is InChI=1S/C13H18BrNO2/c1-9-10(7-8-17-9)13(16)15(2)12-6-4-3-5-11(12)14/h7-8,11-12H,3-6H2,1-2H3. The van der Waals surface area contributed by atoms with E-state index in [1.807, 2.05) is 18.9 Å². The van der Waals surface area contributed by atoms with Crippen LogP contribution in [0.2, 0.25) is 0 Å². The average Bonchev–Trinajstić information content (AvgIpc) is 2.74. The van der Waals surface area contributed by atoms with Gasteiger partial charge >= 0.3 is 0 Å². The minimum absolute atomic E-state index is 0.0626. The van der Waals surface area contributed by atoms with Gasteiger partial charge in [-0.3, -0.25) is 4.79 Å². The number of aryl methyl sites for hydroxylation is 1. The van der Waals surface area contributed by atoms with E-state index in [2.05, 4.69) is 15.9 Å². The van der Waals surface area contributed by atoms with Crippen LogP contribution in [0.5, 0.6) is 0 Å². The number of amides is 1. The number of furan rings is 1. The highest BCUT2D eigenvalue weighted by atomic mass is 79.9. The molecule has 3 nitrogen and oxygen atoms in total. The van der Waals surface area contributed by atoms with Crippen molar-refractivity contribution < 1.29 is 9.21 Å². The first-order valence-electron chi connectivity index (χ1n) is 6.06. The molecule has 2 unspecified atom stereocenters. The predicted molar refractivity (Wildman–Crippen MR) is 70.5 cm³/mol. The maximum atomic E-state index is 12.3. The normalized spacial score (nSPS) is 24.6. The molecule has 1 aromatic heterocycles. The molecule has 94 valence electrons. The Bertz CT molecular complexity index is 402. The van der Waals surface area contributed by atoms with Crippen LogP contribution in [-0.4, -0.2) is 28.7 Å². The van der Waals surface area contributed by atoms with Crippen LogP contribution in [-0.2, 0) is 0 Å². The number of hydrogen-bond donors (Lipinski definition) is 0. The molecule has 1 aliphatic rings. The Morgan fingerprint density at radius 3 is 2.76 bits per heavy atom. The summed E-state index contributed by atoms with van der Waals surface area (Å²) in [5.74, 6) is 0.761. The lowest BCUT2D eigenvalue weighted by atomic mass is 9.94. The minimum Gasteiger partial charge on any atom is -0.469 e. The van der Waals surface area contributed by atoms with Crippen molar-refractivity contribution >= 4 is 21.8 Å². The molecular formula is C13H18BrNO2. The lowest BCUT2D eigenvalue weighted by molar-refractivity contribution is 0.0703. The Morgan fingerprint density at radius 2 is 2.18 bits per heavy atom. The van der Waals surface area contributed by atoms with Gasteiger partial charge in [-0.25, -0.2) is 0 Å². The number of carbonyl (C=O) groups is 1. The van der Waals surface area contributed by atoms with E-state index in [0.29, 0.717) is 22.2 Å². The molecule has 1 aliphatic carbocycles. The fourth-order valence-corrected chi connectivity index (χ4v) is 3.39. The van der Waals surface area contributed by atoms with Gasteiger partial charge in [-0.15, -0.1) is 0 Å². The van der Waals surface area contributed by atoms with Crippen molar-refractivity contribution in [2.45, 2.75) is 43.5 Å². The summed E-state index contributed by atoms with van der Waals surface area (Å²) in [6, 6.07) is 2.05. The lowest BCUT2D eigenvalue weighted by Crippen LogP contribution is -2.44. The molecule has 1 aromatic rings. The summed E-state index contributed by atoms with van der Waals surface area (Å²) in [4.78, 5) is 14.6. The van der Waals surface area contributed by atoms with Crippen LogP contribution in [0.3, 0.4) is 0 Å². The third-order valence-electron chi connectivity index (χ3n) is 3.55. The molecule has 2 rings (SSSR count). The molecule has 1 fully saturated rings. The van der Waals surface area contributed by atoms with Crippen molar-refractivity contribution in [1.82, 2.24) is 4.90 Å². The zero-order valence-electron chi connectivity index (χ0n) is 10.3. The summed E-state index contributed by atoms with van der Waals surface area (Å²) in [6.45, 7) is 1.83. The Labute approximate surface area is 110 Å². The molecule has 0 saturated heterocycles. The monoisotopic (exact) mass is 299 g/mol. The van der Waals surface area contributed by atoms with Gasteiger partial charge < -0.3 is 9.32 Å². The van der Waals surface area contributed by atoms with Gasteiger partial charge in [-0.05, 0) is 25.8 Å². The number of halogens is 1. The third-order valence-corrected chi connectivity index (χ3v) is 4.62. The van der Waals surface area contributed by atoms with Crippen LogP contribution in [0.1, 0.15) is 41.8 Å². The molecule has 0 radical (unpaired) electrons. The van der Waals surface area contributed by atoms with Crippen LogP contribution < -0.4 is 0 Å². The highest BCUT2D eigenvalue weighted by molar-refractivity contribution is 9.09. The maximum Gasteiger partial charge on any atom is 0.257 e. The van der Waals surface area contributed by atoms with Crippen molar-refractivity contribution in [3.8, 4) is 0 Å². The molecule has 1 heterocycles. The van der Waals surface area contributed by atoms with Gasteiger partial charge in [-0.2, -0.15) is 0 Å². The first kappa shape index (κ1) is 12.7. The van der Waals surface area contributed by atoms with E-state index in [9.17, 15) is 4.79 Å². The second-order valence-corrected chi connectivity index (χ2v) is 5.85. The predicted octanol–water partition coefficient (Wildman–Crippen LogP) is 3.37. The maximum absolute atomic E-state index is 12.3. The van der Waals surface area contributed by atoms with Gasteiger partial charge in [-0.1, -0.05) is 28.8 Å². The number of alkyl halides is 1. The second-order valence-electron chi connectivity index (χ2n) is 4.67. The van der Waals surface area contributed by atoms with Gasteiger partial charge in [0.1, 0.15) is 5.76 Å². The fraction of sp³-hybridized carbons (Fsp3) is 0.615. The molecule has 1 amide bonds. The molecule has 4 heteroatoms. The summed E-state index contributed by atoms with van der Waals surface area (Å²) in [5.41, 5.74) is 0.678. The van der Waals surface area contributed by atoms with Crippen LogP contribution >= 0.6 is 15.9 Å². The van der Waals surface area contributed by atoms with E-state index < -0.39 is 0 Å². The first-order chi connectivity index (χ1) is 8.11. The van der Waals surface area contributed by atoms with Crippen molar-refractivity contribution in [2.24, 2.45) is 0 Å². The Balaban J connectivity index is 2.11. The lowest BCUT2D eigenvalue weighted by Gasteiger charge is -2.35. The number of carbonyl (C=O) groups excluding carboxylic acids is 1. The highest BCUT2D eigenvalue weighted by Gasteiger charge is 2.30. The van der Waals surface area contributed by atoms with Gasteiger partial charge in [0.05, 0.1) is 11.8 Å². The van der Waals surface area contributed by atoms with Gasteiger partial charge in [0, 0.05) is 17.9 Å². The summed E-state index contributed by atoms with van der Waals surface area (Å²) >= 11 is 3.69. The summed E-state index contributed by atoms with van der Waals surface area (Å²) < 4.78 is 5.19. The van der Waals surface area contributed by atoms with E-state index in [0.717, 1.165) is 12.8 Å². The SMILES string of the molecule is Cc1occc1C(=O)N(C)C1CCCCC1Br. The molecule has 0 aromatic carbocycles. The summed E-state index contributed by atoms with van der Waals surface area (Å²) in [5, 5.41) is 0. The number of hydrogen-bond acceptors (Lipinski definition) is 2. The van der Waals surface area contributed by atoms with Crippen LogP contribution in [0, 0.1) is 6.92 Å². The Hall–Kier alpha value is -0.770. The van der Waals surface area contributed by atoms with Crippen molar-refractivity contribution in [3.05, 3.63) is 23.7 Å². The van der Waals surface area contributed by atoms with E-state index in [1.54, 1.807) is 12.3 Å². The van der Waals surface area contributed by atoms with Crippen molar-refractivity contribution in [1.29, 1.82) is 0 Å². The van der Waals surface area contributed by atoms with Gasteiger partial charge in [0.15, 0.2) is 0 Å². The van der Waals surface area contributed by atoms with Crippen molar-refractivity contribution in [3.63, 3.8) is 0 Å². The topological polar surface area (TPSA) is 33.5 Å². The van der Waals surface area contributed by atoms with E-state index in [1.165, 1.54) is 12.8 Å². The number of rotatable bonds is 2. The van der Waals surface area contributed by atoms with Crippen LogP contribution in [0.15, 0.2) is 16.7 Å². The zero-order chi connectivity index (χ0) is 12.4. The molecule has 0 aliphatic heterocycles. The quantitative estimate of drug-likeness (QED) is 0.785. The van der Waals surface area contributed by atoms with Crippen LogP contribution in [0.4, 0.5) is 0 Å². The Morgan fingerprint density at radius 1 is 1.47 bits per heavy atom. The smallest absolute Gasteiger partial charge is 0.257 e. The first-order valence-corrected chi connectivity index (χ1v) is 6.98. The Kier molecular flexibility index (Phi) is 3.92. The molecule has 17 heavy (non-hydrogen) atoms. The summed E-state index contributed by atoms with van der Waals surface area (Å²) in [7, 11) is 1.89. The molecule has 0 spiro atoms. The van der Waals surface area contributed by atoms with Gasteiger partial charge in [0.2, 0.25) is 0 Å². The summed E-state index contributed by atoms with van der Waals surface area (Å²) in [6.07, 6.45) is 6.25. The van der Waals surface area contributed by atoms with E-state index in [-0.39, 0.29) is 5.91 Å². The molecular weight excluding hydrogens is 282 g/mol. The van der Waals surface area contributed by atoms with Gasteiger partial charge in [0.25, 0.3) is 5.91 Å². The number of nitrogens with zero attached hydrogens (tertiary/aromatic N) is 1. The van der Waals surface area contributed by atoms with E-state index in [4.69, 9.17) is 4.42 Å². The third kappa shape index (κ3) is 2.57. The molecule has 0 N–H and O–H groups in total. The largest absolute Gasteiger partial charge is 0.469 e. The molecule has 0 bridgehead atoms. The molecule has 1 saturated carbocycles. The molecule has 2 atom stereocenters. The highest BCUT2D eigenvalue weighted by Crippen LogP contribution is 2.29. The van der Waals surface area contributed by atoms with Crippen molar-refractivity contribution in [2.75, 3.05) is 7.05 Å². The van der Waals surface area contributed by atoms with Crippen LogP contribution in [0.25, 0.3) is 0 Å². The zero-order valence-corrected chi connectivity index (χ0v) is 11.9. The fourth-order valence-electron chi connectivity index (χ4n) is 2.45. The minimum atomic E-state index is 0.0626. The second kappa shape index (κ2) is 5.25. The average molecular weight is 300 g/mol. The van der Waals surface area contributed by atoms with E-state index >= 15 is 0 Å².